The summed E-state index contributed by atoms with van der Waals surface area (Å²) >= 11 is 0. The zero-order valence-electron chi connectivity index (χ0n) is 13.2. The highest BCUT2D eigenvalue weighted by Crippen LogP contribution is 2.31. The number of ether oxygens (including phenoxy) is 1. The van der Waals surface area contributed by atoms with Gasteiger partial charge in [-0.3, -0.25) is 9.69 Å². The molecule has 0 bridgehead atoms. The third kappa shape index (κ3) is 3.76. The van der Waals surface area contributed by atoms with Gasteiger partial charge < -0.3 is 9.84 Å². The zero-order chi connectivity index (χ0) is 15.6. The first-order chi connectivity index (χ1) is 9.88. The van der Waals surface area contributed by atoms with Gasteiger partial charge in [-0.05, 0) is 44.4 Å². The Balaban J connectivity index is 2.03. The van der Waals surface area contributed by atoms with E-state index in [0.29, 0.717) is 6.54 Å². The standard InChI is InChI=1S/C17H25NO3/c1-11(2)21-15-7-5-14(6-8-15)13(4)18-9-12(3)16(10-18)17(19)20/h5-8,11-13,16H,9-10H2,1-4H3,(H,19,20). The van der Waals surface area contributed by atoms with Crippen LogP contribution in [-0.2, 0) is 4.79 Å². The second-order valence-corrected chi connectivity index (χ2v) is 6.29. The topological polar surface area (TPSA) is 49.8 Å². The van der Waals surface area contributed by atoms with Gasteiger partial charge in [-0.2, -0.15) is 0 Å². The summed E-state index contributed by atoms with van der Waals surface area (Å²) < 4.78 is 5.65. The molecule has 1 aromatic rings. The fourth-order valence-corrected chi connectivity index (χ4v) is 2.95. The number of benzene rings is 1. The quantitative estimate of drug-likeness (QED) is 0.905. The van der Waals surface area contributed by atoms with E-state index in [2.05, 4.69) is 24.0 Å². The van der Waals surface area contributed by atoms with E-state index in [1.165, 1.54) is 5.56 Å². The van der Waals surface area contributed by atoms with Crippen LogP contribution in [0.4, 0.5) is 0 Å². The molecule has 116 valence electrons. The first kappa shape index (κ1) is 15.8. The maximum Gasteiger partial charge on any atom is 0.308 e. The average molecular weight is 291 g/mol. The van der Waals surface area contributed by atoms with Crippen LogP contribution in [0, 0.1) is 11.8 Å². The number of carbonyl (C=O) groups is 1. The minimum Gasteiger partial charge on any atom is -0.491 e. The minimum absolute atomic E-state index is 0.170. The van der Waals surface area contributed by atoms with E-state index in [1.807, 2.05) is 32.9 Å². The number of carboxylic acid groups (broad SMARTS) is 1. The Hall–Kier alpha value is -1.55. The maximum absolute atomic E-state index is 11.2. The van der Waals surface area contributed by atoms with Crippen molar-refractivity contribution in [2.24, 2.45) is 11.8 Å². The molecule has 0 amide bonds. The summed E-state index contributed by atoms with van der Waals surface area (Å²) in [5, 5.41) is 9.23. The molecule has 1 saturated heterocycles. The Labute approximate surface area is 126 Å². The van der Waals surface area contributed by atoms with E-state index in [1.54, 1.807) is 0 Å². The van der Waals surface area contributed by atoms with Gasteiger partial charge in [0.25, 0.3) is 0 Å². The van der Waals surface area contributed by atoms with Gasteiger partial charge in [0.2, 0.25) is 0 Å². The molecule has 0 aliphatic carbocycles. The van der Waals surface area contributed by atoms with Gasteiger partial charge >= 0.3 is 5.97 Å². The molecule has 21 heavy (non-hydrogen) atoms. The van der Waals surface area contributed by atoms with Crippen LogP contribution in [-0.4, -0.2) is 35.2 Å². The Kier molecular flexibility index (Phi) is 4.88. The number of hydrogen-bond acceptors (Lipinski definition) is 3. The molecule has 1 N–H and O–H groups in total. The van der Waals surface area contributed by atoms with Crippen molar-refractivity contribution in [1.82, 2.24) is 4.90 Å². The highest BCUT2D eigenvalue weighted by atomic mass is 16.5. The van der Waals surface area contributed by atoms with Crippen molar-refractivity contribution in [3.63, 3.8) is 0 Å². The van der Waals surface area contributed by atoms with Crippen LogP contribution in [0.25, 0.3) is 0 Å². The lowest BCUT2D eigenvalue weighted by molar-refractivity contribution is -0.142. The molecule has 4 heteroatoms. The summed E-state index contributed by atoms with van der Waals surface area (Å²) in [6.45, 7) is 9.63. The largest absolute Gasteiger partial charge is 0.491 e. The number of nitrogens with zero attached hydrogens (tertiary/aromatic N) is 1. The number of aliphatic carboxylic acids is 1. The molecule has 4 nitrogen and oxygen atoms in total. The molecular formula is C17H25NO3. The third-order valence-corrected chi connectivity index (χ3v) is 4.24. The predicted octanol–water partition coefficient (Wildman–Crippen LogP) is 3.19. The monoisotopic (exact) mass is 291 g/mol. The molecule has 3 atom stereocenters. The SMILES string of the molecule is CC(C)Oc1ccc(C(C)N2CC(C)C(C(=O)O)C2)cc1. The van der Waals surface area contributed by atoms with Crippen molar-refractivity contribution >= 4 is 5.97 Å². The van der Waals surface area contributed by atoms with Crippen molar-refractivity contribution in [3.8, 4) is 5.75 Å². The first-order valence-electron chi connectivity index (χ1n) is 7.62. The van der Waals surface area contributed by atoms with Gasteiger partial charge in [0.15, 0.2) is 0 Å². The molecule has 1 heterocycles. The highest BCUT2D eigenvalue weighted by Gasteiger charge is 2.36. The Morgan fingerprint density at radius 2 is 1.86 bits per heavy atom. The fraction of sp³-hybridized carbons (Fsp3) is 0.588. The van der Waals surface area contributed by atoms with E-state index < -0.39 is 5.97 Å². The average Bonchev–Trinajstić information content (AvgIpc) is 2.80. The maximum atomic E-state index is 11.2. The lowest BCUT2D eigenvalue weighted by Crippen LogP contribution is -2.26. The summed E-state index contributed by atoms with van der Waals surface area (Å²) in [6.07, 6.45) is 0.170. The summed E-state index contributed by atoms with van der Waals surface area (Å²) in [5.74, 6) is 0.140. The van der Waals surface area contributed by atoms with Crippen LogP contribution < -0.4 is 4.74 Å². The highest BCUT2D eigenvalue weighted by molar-refractivity contribution is 5.71. The van der Waals surface area contributed by atoms with E-state index in [-0.39, 0.29) is 24.0 Å². The molecule has 1 aliphatic rings. The van der Waals surface area contributed by atoms with Crippen molar-refractivity contribution in [1.29, 1.82) is 0 Å². The third-order valence-electron chi connectivity index (χ3n) is 4.24. The molecule has 0 saturated carbocycles. The summed E-state index contributed by atoms with van der Waals surface area (Å²) in [5.41, 5.74) is 1.20. The Morgan fingerprint density at radius 1 is 1.24 bits per heavy atom. The van der Waals surface area contributed by atoms with E-state index in [4.69, 9.17) is 4.74 Å². The van der Waals surface area contributed by atoms with Crippen molar-refractivity contribution in [2.45, 2.75) is 39.8 Å². The number of hydrogen-bond donors (Lipinski definition) is 1. The molecule has 3 unspecified atom stereocenters. The van der Waals surface area contributed by atoms with Gasteiger partial charge in [0.05, 0.1) is 12.0 Å². The van der Waals surface area contributed by atoms with Gasteiger partial charge in [-0.25, -0.2) is 0 Å². The Morgan fingerprint density at radius 3 is 2.33 bits per heavy atom. The first-order valence-corrected chi connectivity index (χ1v) is 7.62. The second kappa shape index (κ2) is 6.48. The number of carboxylic acids is 1. The normalized spacial score (nSPS) is 24.2. The lowest BCUT2D eigenvalue weighted by atomic mass is 9.99. The van der Waals surface area contributed by atoms with Gasteiger partial charge in [0.1, 0.15) is 5.75 Å². The van der Waals surface area contributed by atoms with Crippen LogP contribution in [0.1, 0.15) is 39.3 Å². The number of rotatable bonds is 5. The molecule has 1 aliphatic heterocycles. The van der Waals surface area contributed by atoms with Gasteiger partial charge in [-0.1, -0.05) is 19.1 Å². The molecule has 1 aromatic carbocycles. The molecular weight excluding hydrogens is 266 g/mol. The van der Waals surface area contributed by atoms with E-state index in [9.17, 15) is 9.90 Å². The van der Waals surface area contributed by atoms with E-state index >= 15 is 0 Å². The summed E-state index contributed by atoms with van der Waals surface area (Å²) in [6, 6.07) is 8.34. The number of likely N-dealkylation sites (tertiary alicyclic amines) is 1. The Bertz CT molecular complexity index is 483. The fourth-order valence-electron chi connectivity index (χ4n) is 2.95. The van der Waals surface area contributed by atoms with Crippen molar-refractivity contribution in [3.05, 3.63) is 29.8 Å². The molecule has 0 aromatic heterocycles. The summed E-state index contributed by atoms with van der Waals surface area (Å²) in [7, 11) is 0. The van der Waals surface area contributed by atoms with Crippen molar-refractivity contribution < 1.29 is 14.6 Å². The van der Waals surface area contributed by atoms with Gasteiger partial charge in [0, 0.05) is 19.1 Å². The smallest absolute Gasteiger partial charge is 0.308 e. The zero-order valence-corrected chi connectivity index (χ0v) is 13.2. The van der Waals surface area contributed by atoms with Crippen molar-refractivity contribution in [2.75, 3.05) is 13.1 Å². The minimum atomic E-state index is -0.683. The van der Waals surface area contributed by atoms with Crippen LogP contribution in [0.15, 0.2) is 24.3 Å². The van der Waals surface area contributed by atoms with Gasteiger partial charge in [-0.15, -0.1) is 0 Å². The molecule has 2 rings (SSSR count). The lowest BCUT2D eigenvalue weighted by Gasteiger charge is -2.25. The second-order valence-electron chi connectivity index (χ2n) is 6.29. The van der Waals surface area contributed by atoms with Crippen LogP contribution in [0.2, 0.25) is 0 Å². The molecule has 0 spiro atoms. The molecule has 0 radical (unpaired) electrons. The van der Waals surface area contributed by atoms with Crippen LogP contribution >= 0.6 is 0 Å². The summed E-state index contributed by atoms with van der Waals surface area (Å²) in [4.78, 5) is 13.5. The molecule has 1 fully saturated rings. The van der Waals surface area contributed by atoms with E-state index in [0.717, 1.165) is 12.3 Å². The van der Waals surface area contributed by atoms with Crippen LogP contribution in [0.3, 0.4) is 0 Å². The van der Waals surface area contributed by atoms with Crippen LogP contribution in [0.5, 0.6) is 5.75 Å². The predicted molar refractivity (Wildman–Crippen MR) is 82.5 cm³/mol.